The summed E-state index contributed by atoms with van der Waals surface area (Å²) in [7, 11) is 1.83. The highest BCUT2D eigenvalue weighted by atomic mass is 16.5. The van der Waals surface area contributed by atoms with Crippen molar-refractivity contribution in [1.82, 2.24) is 9.80 Å². The van der Waals surface area contributed by atoms with Crippen molar-refractivity contribution >= 4 is 5.91 Å². The third kappa shape index (κ3) is 3.94. The Morgan fingerprint density at radius 3 is 2.63 bits per heavy atom. The molecule has 1 N–H and O–H groups in total. The van der Waals surface area contributed by atoms with Crippen molar-refractivity contribution in [2.75, 3.05) is 39.8 Å². The Bertz CT molecular complexity index is 419. The Balaban J connectivity index is 1.72. The average molecular weight is 264 g/mol. The summed E-state index contributed by atoms with van der Waals surface area (Å²) in [6, 6.07) is 7.38. The zero-order chi connectivity index (χ0) is 13.7. The molecule has 0 aromatic heterocycles. The number of ether oxygens (including phenoxy) is 1. The molecule has 104 valence electrons. The first-order chi connectivity index (χ1) is 9.19. The highest BCUT2D eigenvalue weighted by molar-refractivity contribution is 5.78. The van der Waals surface area contributed by atoms with Crippen LogP contribution in [-0.2, 0) is 11.4 Å². The first kappa shape index (κ1) is 13.8. The van der Waals surface area contributed by atoms with E-state index >= 15 is 0 Å². The first-order valence-electron chi connectivity index (χ1n) is 6.48. The summed E-state index contributed by atoms with van der Waals surface area (Å²) in [5.74, 6) is 0.955. The van der Waals surface area contributed by atoms with Crippen molar-refractivity contribution < 1.29 is 14.6 Å². The number of amides is 1. The summed E-state index contributed by atoms with van der Waals surface area (Å²) in [5, 5.41) is 8.94. The fraction of sp³-hybridized carbons (Fsp3) is 0.500. The Kier molecular flexibility index (Phi) is 4.76. The molecule has 0 bridgehead atoms. The Labute approximate surface area is 113 Å². The largest absolute Gasteiger partial charge is 0.492 e. The minimum Gasteiger partial charge on any atom is -0.492 e. The predicted molar refractivity (Wildman–Crippen MR) is 71.9 cm³/mol. The summed E-state index contributed by atoms with van der Waals surface area (Å²) in [5.41, 5.74) is 0.872. The summed E-state index contributed by atoms with van der Waals surface area (Å²) in [4.78, 5) is 15.4. The van der Waals surface area contributed by atoms with Crippen molar-refractivity contribution in [2.24, 2.45) is 0 Å². The molecule has 1 aromatic carbocycles. The molecule has 0 saturated carbocycles. The Hall–Kier alpha value is -1.59. The van der Waals surface area contributed by atoms with Gasteiger partial charge in [-0.05, 0) is 17.7 Å². The van der Waals surface area contributed by atoms with Gasteiger partial charge in [-0.2, -0.15) is 0 Å². The molecule has 1 fully saturated rings. The van der Waals surface area contributed by atoms with E-state index < -0.39 is 0 Å². The van der Waals surface area contributed by atoms with Crippen molar-refractivity contribution in [2.45, 2.75) is 6.61 Å². The van der Waals surface area contributed by atoms with Crippen LogP contribution in [0.3, 0.4) is 0 Å². The minimum atomic E-state index is 0.0453. The van der Waals surface area contributed by atoms with Gasteiger partial charge in [0.15, 0.2) is 0 Å². The molecule has 19 heavy (non-hydrogen) atoms. The molecule has 1 amide bonds. The van der Waals surface area contributed by atoms with Crippen LogP contribution in [0.1, 0.15) is 5.56 Å². The predicted octanol–water partition coefficient (Wildman–Crippen LogP) is 0.332. The van der Waals surface area contributed by atoms with Crippen LogP contribution in [0.4, 0.5) is 0 Å². The van der Waals surface area contributed by atoms with Gasteiger partial charge in [-0.1, -0.05) is 12.1 Å². The normalized spacial score (nSPS) is 16.7. The molecule has 0 unspecified atom stereocenters. The number of piperazine rings is 1. The number of hydrogen-bond donors (Lipinski definition) is 1. The summed E-state index contributed by atoms with van der Waals surface area (Å²) < 4.78 is 5.62. The second-order valence-corrected chi connectivity index (χ2v) is 4.74. The van der Waals surface area contributed by atoms with E-state index in [4.69, 9.17) is 9.84 Å². The van der Waals surface area contributed by atoms with E-state index in [1.807, 2.05) is 31.3 Å². The van der Waals surface area contributed by atoms with Crippen LogP contribution in [0.2, 0.25) is 0 Å². The molecule has 5 nitrogen and oxygen atoms in total. The number of carbonyl (C=O) groups is 1. The van der Waals surface area contributed by atoms with Crippen molar-refractivity contribution in [3.8, 4) is 5.75 Å². The molecule has 2 rings (SSSR count). The molecule has 0 spiro atoms. The fourth-order valence-corrected chi connectivity index (χ4v) is 1.98. The number of rotatable bonds is 5. The van der Waals surface area contributed by atoms with Crippen molar-refractivity contribution in [3.05, 3.63) is 29.8 Å². The highest BCUT2D eigenvalue weighted by Crippen LogP contribution is 2.12. The molecular formula is C14H20N2O3. The third-order valence-corrected chi connectivity index (χ3v) is 3.32. The van der Waals surface area contributed by atoms with E-state index in [9.17, 15) is 4.79 Å². The molecule has 1 saturated heterocycles. The number of hydrogen-bond acceptors (Lipinski definition) is 4. The van der Waals surface area contributed by atoms with E-state index in [1.54, 1.807) is 4.90 Å². The molecule has 0 atom stereocenters. The summed E-state index contributed by atoms with van der Waals surface area (Å²) in [6.45, 7) is 3.52. The molecule has 1 heterocycles. The van der Waals surface area contributed by atoms with E-state index in [0.717, 1.165) is 30.9 Å². The summed E-state index contributed by atoms with van der Waals surface area (Å²) in [6.07, 6.45) is 0. The van der Waals surface area contributed by atoms with Gasteiger partial charge in [-0.15, -0.1) is 0 Å². The standard InChI is InChI=1S/C14H20N2O3/c1-15-6-7-16(10-14(15)18)8-9-19-13-4-2-12(11-17)3-5-13/h2-5,17H,6-11H2,1H3. The number of nitrogens with zero attached hydrogens (tertiary/aromatic N) is 2. The maximum absolute atomic E-state index is 11.5. The van der Waals surface area contributed by atoms with Gasteiger partial charge in [0, 0.05) is 26.7 Å². The Morgan fingerprint density at radius 2 is 2.00 bits per heavy atom. The molecule has 5 heteroatoms. The van der Waals surface area contributed by atoms with Gasteiger partial charge in [0.25, 0.3) is 0 Å². The van der Waals surface area contributed by atoms with E-state index in [-0.39, 0.29) is 12.5 Å². The molecule has 1 aliphatic rings. The van der Waals surface area contributed by atoms with Gasteiger partial charge in [0.2, 0.25) is 5.91 Å². The number of aliphatic hydroxyl groups excluding tert-OH is 1. The molecule has 1 aromatic rings. The van der Waals surface area contributed by atoms with Gasteiger partial charge in [-0.3, -0.25) is 9.69 Å². The average Bonchev–Trinajstić information content (AvgIpc) is 2.43. The van der Waals surface area contributed by atoms with Gasteiger partial charge < -0.3 is 14.7 Å². The second kappa shape index (κ2) is 6.54. The lowest BCUT2D eigenvalue weighted by molar-refractivity contribution is -0.134. The molecule has 0 radical (unpaired) electrons. The van der Waals surface area contributed by atoms with Crippen LogP contribution < -0.4 is 4.74 Å². The van der Waals surface area contributed by atoms with Crippen molar-refractivity contribution in [1.29, 1.82) is 0 Å². The Morgan fingerprint density at radius 1 is 1.26 bits per heavy atom. The van der Waals surface area contributed by atoms with Gasteiger partial charge in [-0.25, -0.2) is 0 Å². The lowest BCUT2D eigenvalue weighted by Gasteiger charge is -2.31. The van der Waals surface area contributed by atoms with Crippen LogP contribution in [0, 0.1) is 0 Å². The van der Waals surface area contributed by atoms with Crippen LogP contribution in [0.15, 0.2) is 24.3 Å². The maximum atomic E-state index is 11.5. The molecule has 0 aliphatic carbocycles. The number of benzene rings is 1. The fourth-order valence-electron chi connectivity index (χ4n) is 1.98. The second-order valence-electron chi connectivity index (χ2n) is 4.74. The zero-order valence-electron chi connectivity index (χ0n) is 11.2. The van der Waals surface area contributed by atoms with E-state index in [2.05, 4.69) is 4.90 Å². The van der Waals surface area contributed by atoms with Crippen LogP contribution in [0.25, 0.3) is 0 Å². The number of aliphatic hydroxyl groups is 1. The van der Waals surface area contributed by atoms with Crippen LogP contribution in [-0.4, -0.2) is 60.6 Å². The van der Waals surface area contributed by atoms with Crippen LogP contribution in [0.5, 0.6) is 5.75 Å². The molecule has 1 aliphatic heterocycles. The van der Waals surface area contributed by atoms with Crippen LogP contribution >= 0.6 is 0 Å². The summed E-state index contributed by atoms with van der Waals surface area (Å²) >= 11 is 0. The number of likely N-dealkylation sites (N-methyl/N-ethyl adjacent to an activating group) is 1. The maximum Gasteiger partial charge on any atom is 0.236 e. The quantitative estimate of drug-likeness (QED) is 0.833. The lowest BCUT2D eigenvalue weighted by Crippen LogP contribution is -2.49. The number of carbonyl (C=O) groups excluding carboxylic acids is 1. The van der Waals surface area contributed by atoms with Gasteiger partial charge in [0.1, 0.15) is 12.4 Å². The van der Waals surface area contributed by atoms with Gasteiger partial charge >= 0.3 is 0 Å². The van der Waals surface area contributed by atoms with Gasteiger partial charge in [0.05, 0.1) is 13.2 Å². The van der Waals surface area contributed by atoms with Crippen molar-refractivity contribution in [3.63, 3.8) is 0 Å². The van der Waals surface area contributed by atoms with E-state index in [0.29, 0.717) is 13.2 Å². The molecular weight excluding hydrogens is 244 g/mol. The topological polar surface area (TPSA) is 53.0 Å². The zero-order valence-corrected chi connectivity index (χ0v) is 11.2. The highest BCUT2D eigenvalue weighted by Gasteiger charge is 2.20. The monoisotopic (exact) mass is 264 g/mol. The minimum absolute atomic E-state index is 0.0453. The first-order valence-corrected chi connectivity index (χ1v) is 6.48. The third-order valence-electron chi connectivity index (χ3n) is 3.32. The SMILES string of the molecule is CN1CCN(CCOc2ccc(CO)cc2)CC1=O. The lowest BCUT2D eigenvalue weighted by atomic mass is 10.2. The smallest absolute Gasteiger partial charge is 0.236 e. The van der Waals surface area contributed by atoms with E-state index in [1.165, 1.54) is 0 Å².